The van der Waals surface area contributed by atoms with Gasteiger partial charge < -0.3 is 15.5 Å². The lowest BCUT2D eigenvalue weighted by Gasteiger charge is -2.14. The number of nitrogen functional groups attached to an aromatic ring is 1. The van der Waals surface area contributed by atoms with Gasteiger partial charge in [0.15, 0.2) is 5.82 Å². The van der Waals surface area contributed by atoms with Gasteiger partial charge in [0, 0.05) is 13.6 Å². The second-order valence-electron chi connectivity index (χ2n) is 4.89. The molecule has 9 heteroatoms. The summed E-state index contributed by atoms with van der Waals surface area (Å²) in [4.78, 5) is 13.5. The molecule has 1 aromatic carbocycles. The van der Waals surface area contributed by atoms with E-state index in [4.69, 9.17) is 15.8 Å². The minimum Gasteiger partial charge on any atom is -0.496 e. The molecule has 0 fully saturated rings. The molecule has 0 spiro atoms. The van der Waals surface area contributed by atoms with E-state index in [0.717, 1.165) is 5.56 Å². The van der Waals surface area contributed by atoms with Crippen molar-refractivity contribution < 1.29 is 9.53 Å². The molecule has 2 aromatic rings. The van der Waals surface area contributed by atoms with Gasteiger partial charge >= 0.3 is 0 Å². The van der Waals surface area contributed by atoms with E-state index < -0.39 is 0 Å². The van der Waals surface area contributed by atoms with Crippen LogP contribution in [0.15, 0.2) is 29.4 Å². The van der Waals surface area contributed by atoms with E-state index in [1.54, 1.807) is 14.2 Å². The van der Waals surface area contributed by atoms with E-state index in [1.807, 2.05) is 30.3 Å². The van der Waals surface area contributed by atoms with Gasteiger partial charge in [-0.25, -0.2) is 4.68 Å². The van der Waals surface area contributed by atoms with Gasteiger partial charge in [0.1, 0.15) is 5.75 Å². The Balaban J connectivity index is 2.08. The second-order valence-corrected chi connectivity index (χ2v) is 5.83. The molecule has 1 aromatic heterocycles. The Hall–Kier alpha value is -2.73. The van der Waals surface area contributed by atoms with Crippen LogP contribution in [0.25, 0.3) is 11.4 Å². The van der Waals surface area contributed by atoms with Crippen LogP contribution < -0.4 is 10.6 Å². The molecule has 0 unspecified atom stereocenters. The van der Waals surface area contributed by atoms with Crippen molar-refractivity contribution in [1.29, 1.82) is 5.26 Å². The average Bonchev–Trinajstić information content (AvgIpc) is 2.97. The summed E-state index contributed by atoms with van der Waals surface area (Å²) in [6.45, 7) is 0.400. The van der Waals surface area contributed by atoms with Crippen molar-refractivity contribution in [2.45, 2.75) is 11.6 Å². The fourth-order valence-corrected chi connectivity index (χ4v) is 2.76. The highest BCUT2D eigenvalue weighted by atomic mass is 32.2. The van der Waals surface area contributed by atoms with E-state index >= 15 is 0 Å². The fourth-order valence-electron chi connectivity index (χ4n) is 1.97. The molecule has 0 saturated carbocycles. The van der Waals surface area contributed by atoms with Crippen LogP contribution in [0.3, 0.4) is 0 Å². The molecule has 0 atom stereocenters. The molecule has 24 heavy (non-hydrogen) atoms. The number of hydrogen-bond acceptors (Lipinski definition) is 7. The zero-order valence-corrected chi connectivity index (χ0v) is 14.3. The van der Waals surface area contributed by atoms with Gasteiger partial charge in [0.25, 0.3) is 0 Å². The van der Waals surface area contributed by atoms with Crippen LogP contribution >= 0.6 is 11.8 Å². The number of para-hydroxylation sites is 1. The Kier molecular flexibility index (Phi) is 6.03. The standard InChI is InChI=1S/C15H18N6O2S/c1-20(9-5-8-16)13(22)10-24-15-19-18-14(21(15)17)11-6-3-4-7-12(11)23-2/h3-4,6-7H,5,9-10,17H2,1-2H3. The fraction of sp³-hybridized carbons (Fsp3) is 0.333. The largest absolute Gasteiger partial charge is 0.496 e. The van der Waals surface area contributed by atoms with Crippen LogP contribution in [0.4, 0.5) is 0 Å². The predicted molar refractivity (Wildman–Crippen MR) is 90.8 cm³/mol. The predicted octanol–water partition coefficient (Wildman–Crippen LogP) is 1.13. The van der Waals surface area contributed by atoms with Gasteiger partial charge in [-0.15, -0.1) is 10.2 Å². The van der Waals surface area contributed by atoms with Crippen LogP contribution in [0, 0.1) is 11.3 Å². The number of aromatic nitrogens is 3. The maximum Gasteiger partial charge on any atom is 0.232 e. The third kappa shape index (κ3) is 3.97. The summed E-state index contributed by atoms with van der Waals surface area (Å²) >= 11 is 1.20. The van der Waals surface area contributed by atoms with Gasteiger partial charge in [0.2, 0.25) is 11.1 Å². The number of carbonyl (C=O) groups excluding carboxylic acids is 1. The average molecular weight is 346 g/mol. The van der Waals surface area contributed by atoms with Crippen molar-refractivity contribution in [1.82, 2.24) is 19.8 Å². The number of benzene rings is 1. The lowest BCUT2D eigenvalue weighted by Crippen LogP contribution is -2.29. The first-order chi connectivity index (χ1) is 11.6. The number of nitrogens with zero attached hydrogens (tertiary/aromatic N) is 5. The molecule has 2 N–H and O–H groups in total. The number of nitriles is 1. The van der Waals surface area contributed by atoms with Gasteiger partial charge in [-0.2, -0.15) is 5.26 Å². The maximum absolute atomic E-state index is 12.0. The number of hydrogen-bond donors (Lipinski definition) is 1. The molecule has 0 radical (unpaired) electrons. The van der Waals surface area contributed by atoms with Crippen molar-refractivity contribution in [3.05, 3.63) is 24.3 Å². The first kappa shape index (κ1) is 17.6. The molecule has 126 valence electrons. The highest BCUT2D eigenvalue weighted by molar-refractivity contribution is 7.99. The number of ether oxygens (including phenoxy) is 1. The summed E-state index contributed by atoms with van der Waals surface area (Å²) in [5.41, 5.74) is 0.722. The van der Waals surface area contributed by atoms with Crippen molar-refractivity contribution in [3.8, 4) is 23.2 Å². The summed E-state index contributed by atoms with van der Waals surface area (Å²) in [6, 6.07) is 9.36. The molecular formula is C15H18N6O2S. The minimum absolute atomic E-state index is 0.0999. The number of carbonyl (C=O) groups is 1. The Labute approximate surface area is 144 Å². The third-order valence-electron chi connectivity index (χ3n) is 3.32. The normalized spacial score (nSPS) is 10.2. The van der Waals surface area contributed by atoms with Crippen LogP contribution in [-0.4, -0.2) is 52.1 Å². The number of amides is 1. The molecule has 0 saturated heterocycles. The smallest absolute Gasteiger partial charge is 0.232 e. The van der Waals surface area contributed by atoms with Crippen molar-refractivity contribution in [2.75, 3.05) is 32.3 Å². The number of rotatable bonds is 7. The SMILES string of the molecule is COc1ccccc1-c1nnc(SCC(=O)N(C)CCC#N)n1N. The molecule has 0 bridgehead atoms. The molecule has 0 aliphatic carbocycles. The number of thioether (sulfide) groups is 1. The first-order valence-corrected chi connectivity index (χ1v) is 8.14. The van der Waals surface area contributed by atoms with E-state index in [-0.39, 0.29) is 11.7 Å². The number of methoxy groups -OCH3 is 1. The summed E-state index contributed by atoms with van der Waals surface area (Å²) in [6.07, 6.45) is 0.304. The monoisotopic (exact) mass is 346 g/mol. The lowest BCUT2D eigenvalue weighted by atomic mass is 10.2. The molecule has 1 amide bonds. The van der Waals surface area contributed by atoms with E-state index in [0.29, 0.717) is 29.7 Å². The molecule has 0 aliphatic rings. The third-order valence-corrected chi connectivity index (χ3v) is 4.25. The van der Waals surface area contributed by atoms with Crippen molar-refractivity contribution in [3.63, 3.8) is 0 Å². The van der Waals surface area contributed by atoms with E-state index in [9.17, 15) is 4.79 Å². The molecule has 0 aliphatic heterocycles. The van der Waals surface area contributed by atoms with Crippen LogP contribution in [0.5, 0.6) is 5.75 Å². The van der Waals surface area contributed by atoms with E-state index in [1.165, 1.54) is 21.3 Å². The van der Waals surface area contributed by atoms with Crippen LogP contribution in [-0.2, 0) is 4.79 Å². The topological polar surface area (TPSA) is 110 Å². The Bertz CT molecular complexity index is 755. The lowest BCUT2D eigenvalue weighted by molar-refractivity contribution is -0.127. The summed E-state index contributed by atoms with van der Waals surface area (Å²) in [5.74, 6) is 7.22. The zero-order chi connectivity index (χ0) is 17.5. The van der Waals surface area contributed by atoms with Crippen molar-refractivity contribution in [2.24, 2.45) is 0 Å². The second kappa shape index (κ2) is 8.21. The first-order valence-electron chi connectivity index (χ1n) is 7.16. The van der Waals surface area contributed by atoms with Crippen LogP contribution in [0.2, 0.25) is 0 Å². The minimum atomic E-state index is -0.0999. The molecule has 1 heterocycles. The van der Waals surface area contributed by atoms with Gasteiger partial charge in [-0.3, -0.25) is 4.79 Å². The molecule has 2 rings (SSSR count). The molecule has 8 nitrogen and oxygen atoms in total. The molecular weight excluding hydrogens is 328 g/mol. The van der Waals surface area contributed by atoms with E-state index in [2.05, 4.69) is 10.2 Å². The maximum atomic E-state index is 12.0. The number of nitrogens with two attached hydrogens (primary N) is 1. The van der Waals surface area contributed by atoms with Gasteiger partial charge in [-0.1, -0.05) is 23.9 Å². The summed E-state index contributed by atoms with van der Waals surface area (Å²) in [7, 11) is 3.23. The summed E-state index contributed by atoms with van der Waals surface area (Å²) in [5, 5.41) is 17.1. The quantitative estimate of drug-likeness (QED) is 0.591. The Morgan fingerprint density at radius 2 is 2.21 bits per heavy atom. The highest BCUT2D eigenvalue weighted by Gasteiger charge is 2.17. The Morgan fingerprint density at radius 3 is 2.92 bits per heavy atom. The highest BCUT2D eigenvalue weighted by Crippen LogP contribution is 2.29. The van der Waals surface area contributed by atoms with Gasteiger partial charge in [0.05, 0.1) is 30.9 Å². The summed E-state index contributed by atoms with van der Waals surface area (Å²) < 4.78 is 6.64. The van der Waals surface area contributed by atoms with Crippen molar-refractivity contribution >= 4 is 17.7 Å². The zero-order valence-electron chi connectivity index (χ0n) is 13.5. The van der Waals surface area contributed by atoms with Gasteiger partial charge in [-0.05, 0) is 12.1 Å². The Morgan fingerprint density at radius 1 is 1.46 bits per heavy atom. The van der Waals surface area contributed by atoms with Crippen LogP contribution in [0.1, 0.15) is 6.42 Å².